The topological polar surface area (TPSA) is 85.2 Å². The molecule has 0 fully saturated rings. The number of carbonyl (C=O) groups excluding carboxylic acids is 1. The number of pyridine rings is 1. The maximum atomic E-state index is 12.7. The molecule has 3 aromatic rings. The average Bonchev–Trinajstić information content (AvgIpc) is 2.68. The van der Waals surface area contributed by atoms with Crippen LogP contribution in [0, 0.1) is 0 Å². The van der Waals surface area contributed by atoms with Crippen LogP contribution in [0.15, 0.2) is 65.5 Å². The monoisotopic (exact) mass is 348 g/mol. The molecule has 0 amide bonds. The number of hydrogen-bond acceptors (Lipinski definition) is 4. The Morgan fingerprint density at radius 3 is 2.35 bits per heavy atom. The second-order valence-corrected chi connectivity index (χ2v) is 5.79. The molecule has 0 spiro atoms. The first-order valence-corrected chi connectivity index (χ1v) is 8.43. The maximum absolute atomic E-state index is 12.7. The van der Waals surface area contributed by atoms with Gasteiger partial charge in [-0.2, -0.15) is 0 Å². The van der Waals surface area contributed by atoms with Crippen LogP contribution in [0.3, 0.4) is 0 Å². The van der Waals surface area contributed by atoms with E-state index in [9.17, 15) is 9.59 Å². The molecule has 26 heavy (non-hydrogen) atoms. The summed E-state index contributed by atoms with van der Waals surface area (Å²) < 4.78 is 5.07. The molecule has 0 unspecified atom stereocenters. The zero-order valence-corrected chi connectivity index (χ0v) is 14.5. The van der Waals surface area contributed by atoms with Gasteiger partial charge in [-0.15, -0.1) is 0 Å². The van der Waals surface area contributed by atoms with Gasteiger partial charge in [0, 0.05) is 17.8 Å². The van der Waals surface area contributed by atoms with Crippen molar-refractivity contribution < 1.29 is 9.53 Å². The molecule has 0 aliphatic carbocycles. The third kappa shape index (κ3) is 3.58. The van der Waals surface area contributed by atoms with Gasteiger partial charge in [-0.05, 0) is 29.7 Å². The summed E-state index contributed by atoms with van der Waals surface area (Å²) in [5.74, 6) is -0.627. The molecule has 1 heterocycles. The molecule has 0 bridgehead atoms. The molecule has 5 nitrogen and oxygen atoms in total. The summed E-state index contributed by atoms with van der Waals surface area (Å²) in [5, 5.41) is 0. The number of ether oxygens (including phenoxy) is 1. The largest absolute Gasteiger partial charge is 0.462 e. The Balaban J connectivity index is 2.18. The lowest BCUT2D eigenvalue weighted by molar-refractivity contribution is 0.0525. The zero-order chi connectivity index (χ0) is 18.5. The maximum Gasteiger partial charge on any atom is 0.344 e. The standard InChI is InChI=1S/C21H20N2O3/c1-2-26-21(25)19-17(15-6-4-3-5-7-15)12-18(23-20(19)24)16-10-8-14(13-22)9-11-16/h3-12H,2,13,22H2,1H3,(H,23,24). The first-order valence-electron chi connectivity index (χ1n) is 8.43. The summed E-state index contributed by atoms with van der Waals surface area (Å²) in [5.41, 5.74) is 8.98. The number of aromatic amines is 1. The number of aromatic nitrogens is 1. The van der Waals surface area contributed by atoms with E-state index in [2.05, 4.69) is 4.98 Å². The first kappa shape index (κ1) is 17.6. The van der Waals surface area contributed by atoms with Gasteiger partial charge in [0.15, 0.2) is 0 Å². The molecule has 0 aliphatic heterocycles. The Labute approximate surface area is 151 Å². The van der Waals surface area contributed by atoms with Crippen LogP contribution in [0.4, 0.5) is 0 Å². The van der Waals surface area contributed by atoms with Crippen molar-refractivity contribution in [2.75, 3.05) is 6.61 Å². The number of hydrogen-bond donors (Lipinski definition) is 2. The van der Waals surface area contributed by atoms with E-state index in [4.69, 9.17) is 10.5 Å². The number of benzene rings is 2. The molecular weight excluding hydrogens is 328 g/mol. The number of nitrogens with two attached hydrogens (primary N) is 1. The molecule has 3 N–H and O–H groups in total. The van der Waals surface area contributed by atoms with E-state index in [0.717, 1.165) is 16.7 Å². The van der Waals surface area contributed by atoms with Crippen LogP contribution in [-0.2, 0) is 11.3 Å². The average molecular weight is 348 g/mol. The Bertz CT molecular complexity index is 961. The van der Waals surface area contributed by atoms with Crippen molar-refractivity contribution in [1.82, 2.24) is 4.98 Å². The minimum atomic E-state index is -0.627. The lowest BCUT2D eigenvalue weighted by Gasteiger charge is -2.11. The second kappa shape index (κ2) is 7.80. The second-order valence-electron chi connectivity index (χ2n) is 5.79. The number of esters is 1. The lowest BCUT2D eigenvalue weighted by Crippen LogP contribution is -2.21. The highest BCUT2D eigenvalue weighted by atomic mass is 16.5. The Morgan fingerprint density at radius 1 is 1.04 bits per heavy atom. The summed E-state index contributed by atoms with van der Waals surface area (Å²) in [7, 11) is 0. The fraction of sp³-hybridized carbons (Fsp3) is 0.143. The van der Waals surface area contributed by atoms with E-state index in [0.29, 0.717) is 17.8 Å². The van der Waals surface area contributed by atoms with E-state index in [-0.39, 0.29) is 12.2 Å². The van der Waals surface area contributed by atoms with Crippen LogP contribution in [0.25, 0.3) is 22.4 Å². The molecule has 5 heteroatoms. The van der Waals surface area contributed by atoms with Crippen LogP contribution < -0.4 is 11.3 Å². The Hall–Kier alpha value is -3.18. The third-order valence-electron chi connectivity index (χ3n) is 4.10. The molecule has 0 radical (unpaired) electrons. The summed E-state index contributed by atoms with van der Waals surface area (Å²) in [6.45, 7) is 2.37. The minimum absolute atomic E-state index is 0.0142. The van der Waals surface area contributed by atoms with Crippen molar-refractivity contribution in [3.8, 4) is 22.4 Å². The number of rotatable bonds is 5. The lowest BCUT2D eigenvalue weighted by atomic mass is 9.98. The molecule has 132 valence electrons. The van der Waals surface area contributed by atoms with E-state index >= 15 is 0 Å². The highest BCUT2D eigenvalue weighted by Crippen LogP contribution is 2.27. The van der Waals surface area contributed by atoms with Gasteiger partial charge in [0.05, 0.1) is 6.61 Å². The van der Waals surface area contributed by atoms with Crippen LogP contribution in [0.2, 0.25) is 0 Å². The Morgan fingerprint density at radius 2 is 1.73 bits per heavy atom. The van der Waals surface area contributed by atoms with E-state index in [1.165, 1.54) is 0 Å². The molecule has 3 rings (SSSR count). The van der Waals surface area contributed by atoms with E-state index in [1.54, 1.807) is 13.0 Å². The quantitative estimate of drug-likeness (QED) is 0.693. The van der Waals surface area contributed by atoms with Crippen LogP contribution in [-0.4, -0.2) is 17.6 Å². The molecular formula is C21H20N2O3. The van der Waals surface area contributed by atoms with Crippen molar-refractivity contribution in [2.24, 2.45) is 5.73 Å². The van der Waals surface area contributed by atoms with Gasteiger partial charge in [0.2, 0.25) is 0 Å². The van der Waals surface area contributed by atoms with Gasteiger partial charge in [0.1, 0.15) is 5.56 Å². The summed E-state index contributed by atoms with van der Waals surface area (Å²) in [4.78, 5) is 27.8. The highest BCUT2D eigenvalue weighted by molar-refractivity contribution is 5.97. The molecule has 0 saturated heterocycles. The number of H-pyrrole nitrogens is 1. The van der Waals surface area contributed by atoms with E-state index in [1.807, 2.05) is 54.6 Å². The molecule has 1 aromatic heterocycles. The summed E-state index contributed by atoms with van der Waals surface area (Å²) in [6.07, 6.45) is 0. The fourth-order valence-corrected chi connectivity index (χ4v) is 2.79. The summed E-state index contributed by atoms with van der Waals surface area (Å²) in [6, 6.07) is 18.7. The minimum Gasteiger partial charge on any atom is -0.462 e. The van der Waals surface area contributed by atoms with Gasteiger partial charge in [-0.3, -0.25) is 4.79 Å². The van der Waals surface area contributed by atoms with Crippen LogP contribution >= 0.6 is 0 Å². The van der Waals surface area contributed by atoms with Gasteiger partial charge >= 0.3 is 5.97 Å². The number of carbonyl (C=O) groups is 1. The van der Waals surface area contributed by atoms with Gasteiger partial charge in [-0.25, -0.2) is 4.79 Å². The van der Waals surface area contributed by atoms with E-state index < -0.39 is 11.5 Å². The SMILES string of the molecule is CCOC(=O)c1c(-c2ccccc2)cc(-c2ccc(CN)cc2)[nH]c1=O. The molecule has 0 aliphatic rings. The molecule has 2 aromatic carbocycles. The molecule has 0 atom stereocenters. The fourth-order valence-electron chi connectivity index (χ4n) is 2.79. The van der Waals surface area contributed by atoms with Gasteiger partial charge < -0.3 is 15.5 Å². The van der Waals surface area contributed by atoms with Crippen LogP contribution in [0.5, 0.6) is 0 Å². The predicted octanol–water partition coefficient (Wildman–Crippen LogP) is 3.34. The van der Waals surface area contributed by atoms with Crippen molar-refractivity contribution in [3.63, 3.8) is 0 Å². The predicted molar refractivity (Wildman–Crippen MR) is 102 cm³/mol. The van der Waals surface area contributed by atoms with Crippen molar-refractivity contribution >= 4 is 5.97 Å². The smallest absolute Gasteiger partial charge is 0.344 e. The van der Waals surface area contributed by atoms with Crippen molar-refractivity contribution in [2.45, 2.75) is 13.5 Å². The Kier molecular flexibility index (Phi) is 5.29. The number of nitrogens with one attached hydrogen (secondary N) is 1. The van der Waals surface area contributed by atoms with Crippen molar-refractivity contribution in [1.29, 1.82) is 0 Å². The van der Waals surface area contributed by atoms with Crippen LogP contribution in [0.1, 0.15) is 22.8 Å². The van der Waals surface area contributed by atoms with Crippen molar-refractivity contribution in [3.05, 3.63) is 82.1 Å². The first-order chi connectivity index (χ1) is 12.6. The zero-order valence-electron chi connectivity index (χ0n) is 14.5. The highest BCUT2D eigenvalue weighted by Gasteiger charge is 2.20. The van der Waals surface area contributed by atoms with Gasteiger partial charge in [0.25, 0.3) is 5.56 Å². The third-order valence-corrected chi connectivity index (χ3v) is 4.10. The van der Waals surface area contributed by atoms with Gasteiger partial charge in [-0.1, -0.05) is 54.6 Å². The normalized spacial score (nSPS) is 10.5. The molecule has 0 saturated carbocycles. The summed E-state index contributed by atoms with van der Waals surface area (Å²) >= 11 is 0.